The molecule has 1 aromatic carbocycles. The van der Waals surface area contributed by atoms with E-state index >= 15 is 0 Å². The van der Waals surface area contributed by atoms with Gasteiger partial charge in [-0.25, -0.2) is 0 Å². The molecule has 0 radical (unpaired) electrons. The predicted octanol–water partition coefficient (Wildman–Crippen LogP) is 0.791. The standard InChI is InChI=1S/C17H21N3O3/c1-13-2-4-14(5-3-13)20-15(6-7-16(20)22)17(23)19-10-8-18(12-21)9-11-19/h2-5,12,15H,6-11H2,1H3. The van der Waals surface area contributed by atoms with Crippen molar-refractivity contribution in [3.63, 3.8) is 0 Å². The lowest BCUT2D eigenvalue weighted by Gasteiger charge is -2.35. The van der Waals surface area contributed by atoms with E-state index in [9.17, 15) is 14.4 Å². The lowest BCUT2D eigenvalue weighted by Crippen LogP contribution is -2.53. The van der Waals surface area contributed by atoms with Gasteiger partial charge in [0.05, 0.1) is 0 Å². The Labute approximate surface area is 135 Å². The maximum Gasteiger partial charge on any atom is 0.245 e. The van der Waals surface area contributed by atoms with E-state index in [0.29, 0.717) is 39.0 Å². The van der Waals surface area contributed by atoms with Crippen molar-refractivity contribution in [1.29, 1.82) is 0 Å². The number of benzene rings is 1. The monoisotopic (exact) mass is 315 g/mol. The smallest absolute Gasteiger partial charge is 0.245 e. The lowest BCUT2D eigenvalue weighted by molar-refractivity contribution is -0.136. The molecule has 2 fully saturated rings. The van der Waals surface area contributed by atoms with Gasteiger partial charge in [-0.3, -0.25) is 19.3 Å². The van der Waals surface area contributed by atoms with Crippen LogP contribution in [0, 0.1) is 6.92 Å². The fourth-order valence-corrected chi connectivity index (χ4v) is 3.21. The molecular formula is C17H21N3O3. The van der Waals surface area contributed by atoms with Crippen molar-refractivity contribution in [1.82, 2.24) is 9.80 Å². The predicted molar refractivity (Wildman–Crippen MR) is 85.9 cm³/mol. The third kappa shape index (κ3) is 3.06. The average molecular weight is 315 g/mol. The molecule has 1 aromatic rings. The lowest BCUT2D eigenvalue weighted by atomic mass is 10.1. The summed E-state index contributed by atoms with van der Waals surface area (Å²) in [6, 6.07) is 7.26. The quantitative estimate of drug-likeness (QED) is 0.775. The summed E-state index contributed by atoms with van der Waals surface area (Å²) < 4.78 is 0. The topological polar surface area (TPSA) is 60.9 Å². The van der Waals surface area contributed by atoms with Crippen molar-refractivity contribution < 1.29 is 14.4 Å². The maximum absolute atomic E-state index is 12.8. The van der Waals surface area contributed by atoms with Gasteiger partial charge in [-0.1, -0.05) is 17.7 Å². The molecule has 23 heavy (non-hydrogen) atoms. The van der Waals surface area contributed by atoms with Gasteiger partial charge in [0.15, 0.2) is 0 Å². The minimum Gasteiger partial charge on any atom is -0.342 e. The average Bonchev–Trinajstić information content (AvgIpc) is 2.97. The molecule has 0 bridgehead atoms. The first-order valence-electron chi connectivity index (χ1n) is 7.97. The SMILES string of the molecule is Cc1ccc(N2C(=O)CCC2C(=O)N2CCN(C=O)CC2)cc1. The second-order valence-electron chi connectivity index (χ2n) is 6.12. The van der Waals surface area contributed by atoms with Gasteiger partial charge in [0, 0.05) is 38.3 Å². The van der Waals surface area contributed by atoms with Gasteiger partial charge in [-0.05, 0) is 25.5 Å². The van der Waals surface area contributed by atoms with Crippen LogP contribution in [0.15, 0.2) is 24.3 Å². The number of aryl methyl sites for hydroxylation is 1. The number of carbonyl (C=O) groups is 3. The molecule has 3 rings (SSSR count). The van der Waals surface area contributed by atoms with Crippen LogP contribution in [0.25, 0.3) is 0 Å². The van der Waals surface area contributed by atoms with Gasteiger partial charge in [-0.15, -0.1) is 0 Å². The fraction of sp³-hybridized carbons (Fsp3) is 0.471. The number of carbonyl (C=O) groups excluding carboxylic acids is 3. The Kier molecular flexibility index (Phi) is 4.32. The molecule has 6 heteroatoms. The van der Waals surface area contributed by atoms with E-state index in [1.165, 1.54) is 0 Å². The minimum atomic E-state index is -0.423. The van der Waals surface area contributed by atoms with Crippen LogP contribution in [-0.2, 0) is 14.4 Å². The van der Waals surface area contributed by atoms with Crippen LogP contribution >= 0.6 is 0 Å². The Morgan fingerprint density at radius 2 is 1.78 bits per heavy atom. The number of piperazine rings is 1. The number of nitrogens with zero attached hydrogens (tertiary/aromatic N) is 3. The molecule has 2 heterocycles. The Balaban J connectivity index is 1.75. The molecule has 2 saturated heterocycles. The van der Waals surface area contributed by atoms with Crippen LogP contribution in [0.4, 0.5) is 5.69 Å². The van der Waals surface area contributed by atoms with Crippen LogP contribution < -0.4 is 4.90 Å². The van der Waals surface area contributed by atoms with E-state index in [4.69, 9.17) is 0 Å². The molecule has 3 amide bonds. The number of hydrogen-bond acceptors (Lipinski definition) is 3. The van der Waals surface area contributed by atoms with E-state index in [2.05, 4.69) is 0 Å². The first kappa shape index (κ1) is 15.5. The van der Waals surface area contributed by atoms with Gasteiger partial charge in [0.2, 0.25) is 18.2 Å². The summed E-state index contributed by atoms with van der Waals surface area (Å²) in [7, 11) is 0. The van der Waals surface area contributed by atoms with E-state index < -0.39 is 6.04 Å². The minimum absolute atomic E-state index is 0.00118. The fourth-order valence-electron chi connectivity index (χ4n) is 3.21. The number of rotatable bonds is 3. The molecule has 2 aliphatic rings. The van der Waals surface area contributed by atoms with Crippen LogP contribution in [0.2, 0.25) is 0 Å². The Bertz CT molecular complexity index is 606. The van der Waals surface area contributed by atoms with Crippen LogP contribution in [0.5, 0.6) is 0 Å². The summed E-state index contributed by atoms with van der Waals surface area (Å²) in [6.45, 7) is 4.17. The molecule has 0 N–H and O–H groups in total. The van der Waals surface area contributed by atoms with E-state index in [1.54, 1.807) is 14.7 Å². The summed E-state index contributed by atoms with van der Waals surface area (Å²) in [6.07, 6.45) is 1.78. The van der Waals surface area contributed by atoms with Crippen LogP contribution in [-0.4, -0.2) is 60.2 Å². The number of anilines is 1. The van der Waals surface area contributed by atoms with E-state index in [-0.39, 0.29) is 11.8 Å². The second-order valence-corrected chi connectivity index (χ2v) is 6.12. The highest BCUT2D eigenvalue weighted by atomic mass is 16.2. The molecule has 0 saturated carbocycles. The number of amides is 3. The third-order valence-electron chi connectivity index (χ3n) is 4.58. The van der Waals surface area contributed by atoms with Crippen molar-refractivity contribution in [3.05, 3.63) is 29.8 Å². The second kappa shape index (κ2) is 6.40. The van der Waals surface area contributed by atoms with Crippen molar-refractivity contribution in [3.8, 4) is 0 Å². The summed E-state index contributed by atoms with van der Waals surface area (Å²) in [4.78, 5) is 40.9. The molecule has 6 nitrogen and oxygen atoms in total. The van der Waals surface area contributed by atoms with Gasteiger partial charge < -0.3 is 9.80 Å². The van der Waals surface area contributed by atoms with Crippen molar-refractivity contribution >= 4 is 23.9 Å². The van der Waals surface area contributed by atoms with Crippen LogP contribution in [0.1, 0.15) is 18.4 Å². The molecular weight excluding hydrogens is 294 g/mol. The Morgan fingerprint density at radius 1 is 1.13 bits per heavy atom. The highest BCUT2D eigenvalue weighted by molar-refractivity contribution is 6.03. The van der Waals surface area contributed by atoms with Crippen LogP contribution in [0.3, 0.4) is 0 Å². The largest absolute Gasteiger partial charge is 0.342 e. The van der Waals surface area contributed by atoms with Crippen molar-refractivity contribution in [2.24, 2.45) is 0 Å². The summed E-state index contributed by atoms with van der Waals surface area (Å²) in [5, 5.41) is 0. The normalized spacial score (nSPS) is 21.7. The first-order valence-corrected chi connectivity index (χ1v) is 7.97. The van der Waals surface area contributed by atoms with Gasteiger partial charge >= 0.3 is 0 Å². The molecule has 0 aromatic heterocycles. The molecule has 2 aliphatic heterocycles. The van der Waals surface area contributed by atoms with Gasteiger partial charge in [-0.2, -0.15) is 0 Å². The zero-order valence-electron chi connectivity index (χ0n) is 13.3. The Morgan fingerprint density at radius 3 is 2.39 bits per heavy atom. The molecule has 0 aliphatic carbocycles. The summed E-state index contributed by atoms with van der Waals surface area (Å²) >= 11 is 0. The zero-order chi connectivity index (χ0) is 16.4. The number of hydrogen-bond donors (Lipinski definition) is 0. The molecule has 1 atom stereocenters. The van der Waals surface area contributed by atoms with Crippen molar-refractivity contribution in [2.75, 3.05) is 31.1 Å². The molecule has 122 valence electrons. The molecule has 0 spiro atoms. The third-order valence-corrected chi connectivity index (χ3v) is 4.58. The highest BCUT2D eigenvalue weighted by Crippen LogP contribution is 2.28. The highest BCUT2D eigenvalue weighted by Gasteiger charge is 2.39. The van der Waals surface area contributed by atoms with E-state index in [1.807, 2.05) is 31.2 Å². The Hall–Kier alpha value is -2.37. The van der Waals surface area contributed by atoms with Gasteiger partial charge in [0.1, 0.15) is 6.04 Å². The van der Waals surface area contributed by atoms with E-state index in [0.717, 1.165) is 17.7 Å². The summed E-state index contributed by atoms with van der Waals surface area (Å²) in [5.74, 6) is -0.0132. The summed E-state index contributed by atoms with van der Waals surface area (Å²) in [5.41, 5.74) is 1.90. The first-order chi connectivity index (χ1) is 11.1. The van der Waals surface area contributed by atoms with Gasteiger partial charge in [0.25, 0.3) is 0 Å². The van der Waals surface area contributed by atoms with Crippen molar-refractivity contribution in [2.45, 2.75) is 25.8 Å². The zero-order valence-corrected chi connectivity index (χ0v) is 13.3. The molecule has 1 unspecified atom stereocenters. The maximum atomic E-state index is 12.8.